The predicted molar refractivity (Wildman–Crippen MR) is 226 cm³/mol. The molecule has 0 radical (unpaired) electrons. The highest BCUT2D eigenvalue weighted by Gasteiger charge is 2.62. The number of aromatic nitrogens is 2. The third-order valence-corrected chi connectivity index (χ3v) is 21.3. The Balaban J connectivity index is 1.88. The zero-order chi connectivity index (χ0) is 44.3. The minimum atomic E-state index is -2.67. The second-order valence-corrected chi connectivity index (χ2v) is 29.4. The molecule has 59 heavy (non-hydrogen) atoms. The highest BCUT2D eigenvalue weighted by atomic mass is 28.4. The first-order valence-corrected chi connectivity index (χ1v) is 26.5. The highest BCUT2D eigenvalue weighted by molar-refractivity contribution is 6.74. The van der Waals surface area contributed by atoms with Gasteiger partial charge in [-0.2, -0.15) is 10.3 Å². The van der Waals surface area contributed by atoms with Crippen LogP contribution in [0.5, 0.6) is 0 Å². The van der Waals surface area contributed by atoms with E-state index in [2.05, 4.69) is 94.1 Å². The summed E-state index contributed by atoms with van der Waals surface area (Å²) in [6.07, 6.45) is -2.38. The molecule has 0 unspecified atom stereocenters. The molecule has 3 saturated heterocycles. The molecule has 2 N–H and O–H groups in total. The number of rotatable bonds is 14. The molecular weight excluding hydrogens is 795 g/mol. The minimum absolute atomic E-state index is 0.0368. The van der Waals surface area contributed by atoms with Crippen molar-refractivity contribution in [2.75, 3.05) is 26.2 Å². The van der Waals surface area contributed by atoms with Crippen molar-refractivity contribution >= 4 is 28.6 Å². The van der Waals surface area contributed by atoms with E-state index in [0.29, 0.717) is 25.8 Å². The van der Waals surface area contributed by atoms with Crippen LogP contribution in [0, 0.1) is 17.2 Å². The van der Waals surface area contributed by atoms with E-state index in [4.69, 9.17) is 23.2 Å². The van der Waals surface area contributed by atoms with Gasteiger partial charge in [0, 0.05) is 55.4 Å². The van der Waals surface area contributed by atoms with E-state index in [1.54, 1.807) is 30.7 Å². The van der Waals surface area contributed by atoms with Crippen LogP contribution in [0.25, 0.3) is 10.4 Å². The Bertz CT molecular complexity index is 1860. The molecule has 3 aliphatic rings. The summed E-state index contributed by atoms with van der Waals surface area (Å²) in [5, 5.41) is 17.5. The number of likely N-dealkylation sites (tertiary alicyclic amines) is 1. The number of hydrogen-bond donors (Lipinski definition) is 2. The summed E-state index contributed by atoms with van der Waals surface area (Å²) in [5.74, 6) is -1.11. The van der Waals surface area contributed by atoms with Crippen LogP contribution in [0.1, 0.15) is 94.2 Å². The third kappa shape index (κ3) is 11.4. The Kier molecular flexibility index (Phi) is 15.2. The van der Waals surface area contributed by atoms with Gasteiger partial charge in [-0.1, -0.05) is 46.7 Å². The average Bonchev–Trinajstić information content (AvgIpc) is 3.57. The fourth-order valence-electron chi connectivity index (χ4n) is 7.30. The molecule has 1 aromatic rings. The van der Waals surface area contributed by atoms with Crippen LogP contribution in [-0.4, -0.2) is 116 Å². The molecule has 20 heteroatoms. The van der Waals surface area contributed by atoms with Gasteiger partial charge in [0.25, 0.3) is 5.56 Å². The van der Waals surface area contributed by atoms with Gasteiger partial charge in [0.1, 0.15) is 30.0 Å². The summed E-state index contributed by atoms with van der Waals surface area (Å²) in [6.45, 7) is 27.3. The summed E-state index contributed by atoms with van der Waals surface area (Å²) in [6, 6.07) is 2.48. The van der Waals surface area contributed by atoms with Crippen LogP contribution in [0.3, 0.4) is 0 Å². The smallest absolute Gasteiger partial charge is 0.407 e. The maximum Gasteiger partial charge on any atom is 0.407 e. The summed E-state index contributed by atoms with van der Waals surface area (Å²) >= 11 is 0. The second-order valence-electron chi connectivity index (χ2n) is 19.9. The van der Waals surface area contributed by atoms with E-state index < -0.39 is 88.2 Å². The zero-order valence-electron chi connectivity index (χ0n) is 37.2. The van der Waals surface area contributed by atoms with Crippen LogP contribution in [0.2, 0.25) is 36.3 Å². The first kappa shape index (κ1) is 48.1. The summed E-state index contributed by atoms with van der Waals surface area (Å²) in [4.78, 5) is 67.3. The van der Waals surface area contributed by atoms with Gasteiger partial charge in [-0.05, 0) is 81.8 Å². The van der Waals surface area contributed by atoms with Gasteiger partial charge >= 0.3 is 11.8 Å². The molecule has 1 aromatic heterocycles. The minimum Gasteiger partial charge on any atom is -0.444 e. The molecule has 0 aromatic carbocycles. The van der Waals surface area contributed by atoms with Crippen LogP contribution in [0.15, 0.2) is 27.0 Å². The third-order valence-electron chi connectivity index (χ3n) is 12.4. The molecule has 4 rings (SSSR count). The van der Waals surface area contributed by atoms with E-state index in [-0.39, 0.29) is 42.0 Å². The Morgan fingerprint density at radius 2 is 1.63 bits per heavy atom. The number of hydroxylamine groups is 2. The number of H-pyrrole nitrogens is 1. The van der Waals surface area contributed by atoms with Gasteiger partial charge in [-0.15, -0.1) is 0 Å². The molecule has 0 saturated carbocycles. The number of nitriles is 1. The van der Waals surface area contributed by atoms with Gasteiger partial charge < -0.3 is 28.5 Å². The lowest BCUT2D eigenvalue weighted by Crippen LogP contribution is -2.56. The topological polar surface area (TPSA) is 226 Å². The SMILES string of the molecule is CC(C)(C)OC(=O)NCCCN1O[C@@H]([C@H]2O[C@@H](n3ccc(=O)[nH]c3=O)[C@H](O[Si](C)(C)C(C)(C)C)[C@@H]2O[Si](C)(C)C(C)(C)C)[C@@H]2C(=O)N(CCC#N)[C@H](CN=[N+]=[N-])CC[C@@H]21. The molecular formula is C39H67N9O9Si2. The van der Waals surface area contributed by atoms with Gasteiger partial charge in [0.05, 0.1) is 18.4 Å². The standard InChI is InChI=1S/C39H67N9O9Si2/c1-37(2,3)54-36(52)42-20-15-22-48-26-17-16-25(24-43-45-41)46(21-14-19-40)33(50)28(26)29(55-48)30-31(56-58(10,11)38(4,5)6)32(57-59(12,13)39(7,8)9)34(53-30)47-23-18-27(49)44-35(47)51/h18,23,25-26,28-32,34H,14-17,20-22,24H2,1-13H3,(H,42,52)(H,44,49,51)/t25-,26-,28+,29+,30+,31+,32+,34+/m0/s1. The first-order valence-electron chi connectivity index (χ1n) is 20.6. The van der Waals surface area contributed by atoms with Crippen molar-refractivity contribution in [3.05, 3.63) is 43.5 Å². The number of amides is 2. The van der Waals surface area contributed by atoms with E-state index in [9.17, 15) is 25.2 Å². The number of carbonyl (C=O) groups excluding carboxylic acids is 2. The van der Waals surface area contributed by atoms with Crippen LogP contribution < -0.4 is 16.6 Å². The molecule has 0 aliphatic carbocycles. The van der Waals surface area contributed by atoms with Gasteiger partial charge in [0.15, 0.2) is 22.9 Å². The lowest BCUT2D eigenvalue weighted by atomic mass is 9.87. The largest absolute Gasteiger partial charge is 0.444 e. The molecule has 2 amide bonds. The number of azide groups is 1. The van der Waals surface area contributed by atoms with Crippen molar-refractivity contribution in [3.8, 4) is 6.07 Å². The fourth-order valence-corrected chi connectivity index (χ4v) is 9.88. The van der Waals surface area contributed by atoms with Crippen molar-refractivity contribution in [2.45, 2.75) is 173 Å². The zero-order valence-corrected chi connectivity index (χ0v) is 39.2. The number of ether oxygens (including phenoxy) is 2. The molecule has 3 aliphatic heterocycles. The van der Waals surface area contributed by atoms with E-state index >= 15 is 4.79 Å². The molecule has 330 valence electrons. The number of aromatic amines is 1. The maximum atomic E-state index is 15.1. The number of alkyl carbamates (subject to hydrolysis) is 1. The Morgan fingerprint density at radius 3 is 2.19 bits per heavy atom. The van der Waals surface area contributed by atoms with Crippen molar-refractivity contribution in [1.29, 1.82) is 5.26 Å². The fraction of sp³-hybridized carbons (Fsp3) is 0.821. The summed E-state index contributed by atoms with van der Waals surface area (Å²) in [7, 11) is -5.31. The summed E-state index contributed by atoms with van der Waals surface area (Å²) in [5.41, 5.74) is 7.34. The van der Waals surface area contributed by atoms with Crippen LogP contribution in [-0.2, 0) is 28.0 Å². The molecule has 0 bridgehead atoms. The van der Waals surface area contributed by atoms with Crippen LogP contribution >= 0.6 is 0 Å². The maximum absolute atomic E-state index is 15.1. The quantitative estimate of drug-likeness (QED) is 0.0731. The number of carbonyl (C=O) groups is 2. The Hall–Kier alpha value is -3.55. The first-order chi connectivity index (χ1) is 27.2. The van der Waals surface area contributed by atoms with Gasteiger partial charge in [-0.25, -0.2) is 9.59 Å². The Labute approximate surface area is 350 Å². The number of hydrogen-bond acceptors (Lipinski definition) is 12. The van der Waals surface area contributed by atoms with Crippen molar-refractivity contribution in [1.82, 2.24) is 24.8 Å². The monoisotopic (exact) mass is 861 g/mol. The predicted octanol–water partition coefficient (Wildman–Crippen LogP) is 5.95. The normalized spacial score (nSPS) is 27.1. The van der Waals surface area contributed by atoms with Crippen molar-refractivity contribution < 1.29 is 32.8 Å². The van der Waals surface area contributed by atoms with Crippen molar-refractivity contribution in [3.63, 3.8) is 0 Å². The molecule has 18 nitrogen and oxygen atoms in total. The number of fused-ring (bicyclic) bond motifs is 1. The molecule has 8 atom stereocenters. The average molecular weight is 862 g/mol. The molecule has 0 spiro atoms. The van der Waals surface area contributed by atoms with Crippen LogP contribution in [0.4, 0.5) is 4.79 Å². The van der Waals surface area contributed by atoms with Crippen molar-refractivity contribution in [2.24, 2.45) is 11.0 Å². The summed E-state index contributed by atoms with van der Waals surface area (Å²) < 4.78 is 28.3. The number of nitrogens with zero attached hydrogens (tertiary/aromatic N) is 7. The van der Waals surface area contributed by atoms with E-state index in [0.717, 1.165) is 0 Å². The second kappa shape index (κ2) is 18.6. The number of nitrogens with one attached hydrogen (secondary N) is 2. The van der Waals surface area contributed by atoms with E-state index in [1.807, 2.05) is 0 Å². The molecule has 4 heterocycles. The highest BCUT2D eigenvalue weighted by Crippen LogP contribution is 2.49. The lowest BCUT2D eigenvalue weighted by molar-refractivity contribution is -0.204. The van der Waals surface area contributed by atoms with Gasteiger partial charge in [-0.3, -0.25) is 24.0 Å². The lowest BCUT2D eigenvalue weighted by Gasteiger charge is -2.44. The van der Waals surface area contributed by atoms with E-state index in [1.165, 1.54) is 16.8 Å². The van der Waals surface area contributed by atoms with Gasteiger partial charge in [0.2, 0.25) is 5.91 Å². The molecule has 3 fully saturated rings. The Morgan fingerprint density at radius 1 is 1.00 bits per heavy atom.